The van der Waals surface area contributed by atoms with Crippen LogP contribution in [0.15, 0.2) is 36.2 Å². The van der Waals surface area contributed by atoms with E-state index in [0.29, 0.717) is 34.4 Å². The van der Waals surface area contributed by atoms with E-state index in [4.69, 9.17) is 21.6 Å². The van der Waals surface area contributed by atoms with E-state index in [0.717, 1.165) is 12.8 Å². The first-order chi connectivity index (χ1) is 15.0. The normalized spacial score (nSPS) is 16.8. The predicted molar refractivity (Wildman–Crippen MR) is 111 cm³/mol. The Morgan fingerprint density at radius 2 is 2.13 bits per heavy atom. The van der Waals surface area contributed by atoms with Gasteiger partial charge in [0.2, 0.25) is 5.88 Å². The van der Waals surface area contributed by atoms with E-state index in [1.807, 2.05) is 6.07 Å². The van der Waals surface area contributed by atoms with Gasteiger partial charge in [-0.25, -0.2) is 4.79 Å². The van der Waals surface area contributed by atoms with Crippen molar-refractivity contribution in [3.63, 3.8) is 0 Å². The minimum absolute atomic E-state index is 0.0971. The molecule has 3 heterocycles. The lowest BCUT2D eigenvalue weighted by atomic mass is 10.2. The zero-order chi connectivity index (χ0) is 21.5. The molecule has 3 amide bonds. The summed E-state index contributed by atoms with van der Waals surface area (Å²) in [5.41, 5.74) is 1.45. The molecule has 0 bridgehead atoms. The Hall–Kier alpha value is -4.10. The second-order valence-corrected chi connectivity index (χ2v) is 7.47. The van der Waals surface area contributed by atoms with E-state index >= 15 is 0 Å². The number of hydrogen-bond acceptors (Lipinski definition) is 7. The number of aromatic nitrogens is 3. The van der Waals surface area contributed by atoms with Crippen LogP contribution in [-0.4, -0.2) is 32.6 Å². The van der Waals surface area contributed by atoms with Gasteiger partial charge in [-0.05, 0) is 37.1 Å². The third kappa shape index (κ3) is 3.74. The second-order valence-electron chi connectivity index (χ2n) is 7.06. The van der Waals surface area contributed by atoms with Gasteiger partial charge in [0.25, 0.3) is 5.91 Å². The molecular weight excluding hydrogens is 422 g/mol. The molecule has 1 aromatic carbocycles. The highest BCUT2D eigenvalue weighted by atomic mass is 35.5. The molecule has 31 heavy (non-hydrogen) atoms. The summed E-state index contributed by atoms with van der Waals surface area (Å²) in [6.07, 6.45) is 5.14. The van der Waals surface area contributed by atoms with Crippen molar-refractivity contribution in [2.24, 2.45) is 0 Å². The molecule has 154 valence electrons. The van der Waals surface area contributed by atoms with Crippen molar-refractivity contribution in [3.05, 3.63) is 52.3 Å². The van der Waals surface area contributed by atoms with Crippen LogP contribution in [0.3, 0.4) is 0 Å². The van der Waals surface area contributed by atoms with Gasteiger partial charge in [0, 0.05) is 17.7 Å². The van der Waals surface area contributed by atoms with Crippen molar-refractivity contribution >= 4 is 41.1 Å². The molecule has 2 aromatic heterocycles. The van der Waals surface area contributed by atoms with E-state index in [-0.39, 0.29) is 16.6 Å². The lowest BCUT2D eigenvalue weighted by molar-refractivity contribution is -0.115. The number of halogens is 1. The molecule has 2 aliphatic rings. The third-order valence-electron chi connectivity index (χ3n) is 4.70. The van der Waals surface area contributed by atoms with Crippen LogP contribution in [0.1, 0.15) is 24.0 Å². The lowest BCUT2D eigenvalue weighted by Crippen LogP contribution is -2.22. The molecular formula is C20H14ClN7O3. The molecule has 1 aliphatic heterocycles. The van der Waals surface area contributed by atoms with Gasteiger partial charge < -0.3 is 15.4 Å². The summed E-state index contributed by atoms with van der Waals surface area (Å²) in [7, 11) is 0. The SMILES string of the molecule is N#Cc1ccc(Oc2cc(NC3CC3)n3ncc(/C=C4\NC(=O)NC4=O)c3n2)c(Cl)c1. The Bertz CT molecular complexity index is 1320. The highest BCUT2D eigenvalue weighted by Crippen LogP contribution is 2.33. The third-order valence-corrected chi connectivity index (χ3v) is 5.00. The van der Waals surface area contributed by atoms with Crippen LogP contribution in [0.4, 0.5) is 10.6 Å². The number of carbonyl (C=O) groups excluding carboxylic acids is 2. The number of carbonyl (C=O) groups is 2. The average Bonchev–Trinajstić information content (AvgIpc) is 3.38. The highest BCUT2D eigenvalue weighted by Gasteiger charge is 2.25. The molecule has 3 aromatic rings. The maximum absolute atomic E-state index is 11.9. The van der Waals surface area contributed by atoms with Crippen LogP contribution in [0.25, 0.3) is 11.7 Å². The smallest absolute Gasteiger partial charge is 0.326 e. The van der Waals surface area contributed by atoms with E-state index < -0.39 is 11.9 Å². The molecule has 0 radical (unpaired) electrons. The fraction of sp³-hybridized carbons (Fsp3) is 0.150. The van der Waals surface area contributed by atoms with Gasteiger partial charge in [-0.2, -0.15) is 19.9 Å². The Kier molecular flexibility index (Phi) is 4.45. The monoisotopic (exact) mass is 435 g/mol. The summed E-state index contributed by atoms with van der Waals surface area (Å²) >= 11 is 6.23. The number of nitriles is 1. The lowest BCUT2D eigenvalue weighted by Gasteiger charge is -2.11. The van der Waals surface area contributed by atoms with Crippen LogP contribution < -0.4 is 20.7 Å². The zero-order valence-corrected chi connectivity index (χ0v) is 16.6. The number of anilines is 1. The molecule has 2 fully saturated rings. The van der Waals surface area contributed by atoms with E-state index in [9.17, 15) is 9.59 Å². The maximum Gasteiger partial charge on any atom is 0.326 e. The summed E-state index contributed by atoms with van der Waals surface area (Å²) in [5.74, 6) is 0.730. The van der Waals surface area contributed by atoms with Gasteiger partial charge in [-0.3, -0.25) is 10.1 Å². The van der Waals surface area contributed by atoms with Crippen LogP contribution in [-0.2, 0) is 4.79 Å². The van der Waals surface area contributed by atoms with E-state index in [1.165, 1.54) is 12.1 Å². The molecule has 0 atom stereocenters. The van der Waals surface area contributed by atoms with Crippen LogP contribution in [0.2, 0.25) is 5.02 Å². The summed E-state index contributed by atoms with van der Waals surface area (Å²) < 4.78 is 7.49. The van der Waals surface area contributed by atoms with Crippen molar-refractivity contribution in [2.75, 3.05) is 5.32 Å². The summed E-state index contributed by atoms with van der Waals surface area (Å²) in [4.78, 5) is 27.8. The Labute approximate surface area is 180 Å². The summed E-state index contributed by atoms with van der Waals surface area (Å²) in [5, 5.41) is 21.6. The number of imide groups is 1. The van der Waals surface area contributed by atoms with Gasteiger partial charge in [-0.15, -0.1) is 0 Å². The van der Waals surface area contributed by atoms with E-state index in [2.05, 4.69) is 26.0 Å². The topological polar surface area (TPSA) is 133 Å². The summed E-state index contributed by atoms with van der Waals surface area (Å²) in [6.45, 7) is 0. The molecule has 1 saturated heterocycles. The van der Waals surface area contributed by atoms with Crippen LogP contribution >= 0.6 is 11.6 Å². The van der Waals surface area contributed by atoms with Crippen molar-refractivity contribution in [3.8, 4) is 17.7 Å². The molecule has 11 heteroatoms. The van der Waals surface area contributed by atoms with Gasteiger partial charge in [0.05, 0.1) is 22.9 Å². The number of ether oxygens (including phenoxy) is 1. The first kappa shape index (κ1) is 18.9. The van der Waals surface area contributed by atoms with Gasteiger partial charge in [0.1, 0.15) is 17.3 Å². The first-order valence-electron chi connectivity index (χ1n) is 9.37. The average molecular weight is 436 g/mol. The van der Waals surface area contributed by atoms with Crippen molar-refractivity contribution in [2.45, 2.75) is 18.9 Å². The van der Waals surface area contributed by atoms with Crippen LogP contribution in [0, 0.1) is 11.3 Å². The number of nitrogens with zero attached hydrogens (tertiary/aromatic N) is 4. The number of fused-ring (bicyclic) bond motifs is 1. The van der Waals surface area contributed by atoms with Crippen molar-refractivity contribution < 1.29 is 14.3 Å². The van der Waals surface area contributed by atoms with Gasteiger partial charge in [0.15, 0.2) is 5.65 Å². The summed E-state index contributed by atoms with van der Waals surface area (Å²) in [6, 6.07) is 8.17. The predicted octanol–water partition coefficient (Wildman–Crippen LogP) is 2.80. The number of benzene rings is 1. The first-order valence-corrected chi connectivity index (χ1v) is 9.75. The van der Waals surface area contributed by atoms with Gasteiger partial charge in [-0.1, -0.05) is 11.6 Å². The quantitative estimate of drug-likeness (QED) is 0.414. The molecule has 0 spiro atoms. The molecule has 3 N–H and O–H groups in total. The number of nitrogens with one attached hydrogen (secondary N) is 3. The molecule has 5 rings (SSSR count). The zero-order valence-electron chi connectivity index (χ0n) is 15.8. The maximum atomic E-state index is 11.9. The van der Waals surface area contributed by atoms with Gasteiger partial charge >= 0.3 is 6.03 Å². The number of urea groups is 1. The number of amides is 3. The second kappa shape index (κ2) is 7.30. The van der Waals surface area contributed by atoms with E-state index in [1.54, 1.807) is 28.9 Å². The fourth-order valence-corrected chi connectivity index (χ4v) is 3.27. The highest BCUT2D eigenvalue weighted by molar-refractivity contribution is 6.32. The fourth-order valence-electron chi connectivity index (χ4n) is 3.06. The minimum Gasteiger partial charge on any atom is -0.437 e. The number of rotatable bonds is 5. The largest absolute Gasteiger partial charge is 0.437 e. The van der Waals surface area contributed by atoms with Crippen molar-refractivity contribution in [1.29, 1.82) is 5.26 Å². The Morgan fingerprint density at radius 3 is 2.81 bits per heavy atom. The molecule has 0 unspecified atom stereocenters. The number of hydrogen-bond donors (Lipinski definition) is 3. The Morgan fingerprint density at radius 1 is 1.29 bits per heavy atom. The minimum atomic E-state index is -0.587. The standard InChI is InChI=1S/C20H14ClN7O3/c21-13-5-10(8-22)1-4-15(13)31-17-7-16(24-12-2-3-12)28-18(26-17)11(9-23-28)6-14-19(29)27-20(30)25-14/h1,4-7,9,12,24H,2-3H2,(H2,25,27,29,30)/b14-6-. The van der Waals surface area contributed by atoms with Crippen LogP contribution in [0.5, 0.6) is 11.6 Å². The van der Waals surface area contributed by atoms with Crippen molar-refractivity contribution in [1.82, 2.24) is 25.2 Å². The molecule has 10 nitrogen and oxygen atoms in total. The Balaban J connectivity index is 1.57. The molecule has 1 aliphatic carbocycles. The molecule has 1 saturated carbocycles.